The van der Waals surface area contributed by atoms with E-state index >= 15 is 0 Å². The van der Waals surface area contributed by atoms with E-state index in [-0.39, 0.29) is 11.7 Å². The highest BCUT2D eigenvalue weighted by atomic mass is 79.9. The van der Waals surface area contributed by atoms with Crippen LogP contribution in [-0.2, 0) is 6.18 Å². The zero-order valence-corrected chi connectivity index (χ0v) is 13.7. The van der Waals surface area contributed by atoms with Crippen LogP contribution in [-0.4, -0.2) is 6.03 Å². The Bertz CT molecular complexity index is 704. The Labute approximate surface area is 140 Å². The Balaban J connectivity index is 2.11. The summed E-state index contributed by atoms with van der Waals surface area (Å²) in [4.78, 5) is 12.0. The van der Waals surface area contributed by atoms with Gasteiger partial charge >= 0.3 is 12.2 Å². The van der Waals surface area contributed by atoms with E-state index in [1.165, 1.54) is 18.2 Å². The number of urea groups is 1. The van der Waals surface area contributed by atoms with Gasteiger partial charge in [0.1, 0.15) is 0 Å². The highest BCUT2D eigenvalue weighted by Crippen LogP contribution is 2.34. The molecular formula is C16H14BrF3N2O. The van der Waals surface area contributed by atoms with Crippen LogP contribution >= 0.6 is 15.9 Å². The molecule has 1 unspecified atom stereocenters. The standard InChI is InChI=1S/C16H14BrF3N2O/c1-10(11-6-2-4-8-13(11)17)21-15(23)22-14-9-5-3-7-12(14)16(18,19)20/h2-10H,1H3,(H2,21,22,23). The predicted octanol–water partition coefficient (Wildman–Crippen LogP) is 5.35. The van der Waals surface area contributed by atoms with E-state index in [9.17, 15) is 18.0 Å². The third kappa shape index (κ3) is 4.48. The summed E-state index contributed by atoms with van der Waals surface area (Å²) < 4.78 is 39.5. The summed E-state index contributed by atoms with van der Waals surface area (Å²) in [6.07, 6.45) is -4.53. The van der Waals surface area contributed by atoms with Gasteiger partial charge in [-0.3, -0.25) is 0 Å². The van der Waals surface area contributed by atoms with E-state index in [0.29, 0.717) is 0 Å². The van der Waals surface area contributed by atoms with Crippen LogP contribution in [0, 0.1) is 0 Å². The van der Waals surface area contributed by atoms with Gasteiger partial charge in [-0.05, 0) is 30.7 Å². The van der Waals surface area contributed by atoms with Gasteiger partial charge in [0, 0.05) is 4.47 Å². The molecule has 3 nitrogen and oxygen atoms in total. The number of hydrogen-bond donors (Lipinski definition) is 2. The van der Waals surface area contributed by atoms with Gasteiger partial charge in [-0.25, -0.2) is 4.79 Å². The number of alkyl halides is 3. The van der Waals surface area contributed by atoms with Crippen molar-refractivity contribution >= 4 is 27.6 Å². The maximum Gasteiger partial charge on any atom is 0.418 e. The average molecular weight is 387 g/mol. The first-order chi connectivity index (χ1) is 10.8. The van der Waals surface area contributed by atoms with Crippen LogP contribution < -0.4 is 10.6 Å². The SMILES string of the molecule is CC(NC(=O)Nc1ccccc1C(F)(F)F)c1ccccc1Br. The van der Waals surface area contributed by atoms with Crippen LogP contribution in [0.25, 0.3) is 0 Å². The van der Waals surface area contributed by atoms with E-state index in [2.05, 4.69) is 26.6 Å². The van der Waals surface area contributed by atoms with E-state index in [4.69, 9.17) is 0 Å². The molecular weight excluding hydrogens is 373 g/mol. The molecule has 2 amide bonds. The number of nitrogens with one attached hydrogen (secondary N) is 2. The molecule has 23 heavy (non-hydrogen) atoms. The fourth-order valence-electron chi connectivity index (χ4n) is 2.10. The zero-order valence-electron chi connectivity index (χ0n) is 12.1. The van der Waals surface area contributed by atoms with E-state index in [1.807, 2.05) is 24.3 Å². The number of carbonyl (C=O) groups excluding carboxylic acids is 1. The lowest BCUT2D eigenvalue weighted by Gasteiger charge is -2.18. The van der Waals surface area contributed by atoms with Crippen molar-refractivity contribution in [3.8, 4) is 0 Å². The lowest BCUT2D eigenvalue weighted by molar-refractivity contribution is -0.136. The fourth-order valence-corrected chi connectivity index (χ4v) is 2.73. The van der Waals surface area contributed by atoms with Crippen LogP contribution in [0.15, 0.2) is 53.0 Å². The summed E-state index contributed by atoms with van der Waals surface area (Å²) in [6.45, 7) is 1.75. The Morgan fingerprint density at radius 2 is 1.70 bits per heavy atom. The molecule has 0 saturated carbocycles. The van der Waals surface area contributed by atoms with Gasteiger partial charge in [-0.15, -0.1) is 0 Å². The second kappa shape index (κ2) is 7.04. The van der Waals surface area contributed by atoms with Crippen molar-refractivity contribution in [2.24, 2.45) is 0 Å². The lowest BCUT2D eigenvalue weighted by Crippen LogP contribution is -2.32. The van der Waals surface area contributed by atoms with Gasteiger partial charge in [-0.2, -0.15) is 13.2 Å². The Hall–Kier alpha value is -2.02. The van der Waals surface area contributed by atoms with Crippen molar-refractivity contribution < 1.29 is 18.0 Å². The summed E-state index contributed by atoms with van der Waals surface area (Å²) in [5.41, 5.74) is -0.340. The van der Waals surface area contributed by atoms with Gasteiger partial charge in [0.2, 0.25) is 0 Å². The smallest absolute Gasteiger partial charge is 0.331 e. The maximum atomic E-state index is 12.9. The molecule has 0 aliphatic rings. The van der Waals surface area contributed by atoms with Crippen molar-refractivity contribution in [2.75, 3.05) is 5.32 Å². The lowest BCUT2D eigenvalue weighted by atomic mass is 10.1. The normalized spacial score (nSPS) is 12.6. The summed E-state index contributed by atoms with van der Waals surface area (Å²) in [5, 5.41) is 4.87. The average Bonchev–Trinajstić information content (AvgIpc) is 2.46. The summed E-state index contributed by atoms with van der Waals surface area (Å²) in [5.74, 6) is 0. The maximum absolute atomic E-state index is 12.9. The van der Waals surface area contributed by atoms with Crippen LogP contribution in [0.2, 0.25) is 0 Å². The molecule has 0 aliphatic carbocycles. The van der Waals surface area contributed by atoms with Gasteiger partial charge < -0.3 is 10.6 Å². The minimum Gasteiger partial charge on any atom is -0.331 e. The number of rotatable bonds is 3. The third-order valence-corrected chi connectivity index (χ3v) is 3.92. The van der Waals surface area contributed by atoms with Crippen LogP contribution in [0.5, 0.6) is 0 Å². The molecule has 0 saturated heterocycles. The molecule has 0 heterocycles. The van der Waals surface area contributed by atoms with Crippen molar-refractivity contribution in [1.29, 1.82) is 0 Å². The second-order valence-electron chi connectivity index (χ2n) is 4.89. The quantitative estimate of drug-likeness (QED) is 0.733. The van der Waals surface area contributed by atoms with Crippen LogP contribution in [0.4, 0.5) is 23.7 Å². The van der Waals surface area contributed by atoms with Gasteiger partial charge in [0.05, 0.1) is 17.3 Å². The zero-order chi connectivity index (χ0) is 17.0. The first-order valence-corrected chi connectivity index (χ1v) is 7.56. The molecule has 2 aromatic rings. The Kier molecular flexibility index (Phi) is 5.30. The van der Waals surface area contributed by atoms with E-state index in [1.54, 1.807) is 6.92 Å². The van der Waals surface area contributed by atoms with Crippen molar-refractivity contribution in [3.05, 3.63) is 64.1 Å². The Morgan fingerprint density at radius 1 is 1.09 bits per heavy atom. The summed E-state index contributed by atoms with van der Waals surface area (Å²) in [7, 11) is 0. The summed E-state index contributed by atoms with van der Waals surface area (Å²) >= 11 is 3.37. The molecule has 0 fully saturated rings. The molecule has 7 heteroatoms. The fraction of sp³-hybridized carbons (Fsp3) is 0.188. The first kappa shape index (κ1) is 17.3. The largest absolute Gasteiger partial charge is 0.418 e. The van der Waals surface area contributed by atoms with E-state index < -0.39 is 17.8 Å². The number of hydrogen-bond acceptors (Lipinski definition) is 1. The number of benzene rings is 2. The number of amides is 2. The minimum atomic E-state index is -4.53. The van der Waals surface area contributed by atoms with Crippen LogP contribution in [0.1, 0.15) is 24.1 Å². The highest BCUT2D eigenvalue weighted by Gasteiger charge is 2.33. The molecule has 0 bridgehead atoms. The van der Waals surface area contributed by atoms with Gasteiger partial charge in [0.25, 0.3) is 0 Å². The van der Waals surface area contributed by atoms with Crippen molar-refractivity contribution in [2.45, 2.75) is 19.1 Å². The first-order valence-electron chi connectivity index (χ1n) is 6.77. The molecule has 0 spiro atoms. The number of para-hydroxylation sites is 1. The topological polar surface area (TPSA) is 41.1 Å². The highest BCUT2D eigenvalue weighted by molar-refractivity contribution is 9.10. The van der Waals surface area contributed by atoms with E-state index in [0.717, 1.165) is 16.1 Å². The monoisotopic (exact) mass is 386 g/mol. The number of anilines is 1. The summed E-state index contributed by atoms with van der Waals surface area (Å²) in [6, 6.07) is 11.1. The third-order valence-electron chi connectivity index (χ3n) is 3.20. The van der Waals surface area contributed by atoms with Crippen LogP contribution in [0.3, 0.4) is 0 Å². The predicted molar refractivity (Wildman–Crippen MR) is 86.2 cm³/mol. The molecule has 2 aromatic carbocycles. The molecule has 0 radical (unpaired) electrons. The van der Waals surface area contributed by atoms with Crippen molar-refractivity contribution in [3.63, 3.8) is 0 Å². The van der Waals surface area contributed by atoms with Gasteiger partial charge in [-0.1, -0.05) is 46.3 Å². The molecule has 0 aliphatic heterocycles. The molecule has 2 N–H and O–H groups in total. The minimum absolute atomic E-state index is 0.281. The Morgan fingerprint density at radius 3 is 2.35 bits per heavy atom. The number of halogens is 4. The second-order valence-corrected chi connectivity index (χ2v) is 5.74. The molecule has 0 aromatic heterocycles. The van der Waals surface area contributed by atoms with Gasteiger partial charge in [0.15, 0.2) is 0 Å². The molecule has 1 atom stereocenters. The number of carbonyl (C=O) groups is 1. The molecule has 2 rings (SSSR count). The van der Waals surface area contributed by atoms with Crippen molar-refractivity contribution in [1.82, 2.24) is 5.32 Å². The molecule has 122 valence electrons.